The summed E-state index contributed by atoms with van der Waals surface area (Å²) in [5, 5.41) is 13.9. The molecule has 9 nitrogen and oxygen atoms in total. The van der Waals surface area contributed by atoms with Crippen molar-refractivity contribution in [2.45, 2.75) is 25.3 Å². The Morgan fingerprint density at radius 2 is 2.15 bits per heavy atom. The van der Waals surface area contributed by atoms with Gasteiger partial charge in [-0.15, -0.1) is 0 Å². The maximum atomic E-state index is 11.9. The molecule has 0 spiro atoms. The third-order valence-electron chi connectivity index (χ3n) is 2.82. The SMILES string of the molecule is NC(=O)CC[C@@H](NC(=O)N1CCCNC(=O)C1)C(=O)O. The summed E-state index contributed by atoms with van der Waals surface area (Å²) in [6.45, 7) is 0.716. The van der Waals surface area contributed by atoms with Crippen LogP contribution in [0.5, 0.6) is 0 Å². The molecule has 0 aromatic carbocycles. The lowest BCUT2D eigenvalue weighted by Crippen LogP contribution is -2.49. The van der Waals surface area contributed by atoms with Crippen LogP contribution in [0.25, 0.3) is 0 Å². The van der Waals surface area contributed by atoms with E-state index in [1.165, 1.54) is 4.90 Å². The van der Waals surface area contributed by atoms with E-state index in [2.05, 4.69) is 10.6 Å². The highest BCUT2D eigenvalue weighted by molar-refractivity contribution is 5.87. The zero-order valence-corrected chi connectivity index (χ0v) is 10.9. The number of carboxylic acids is 1. The maximum Gasteiger partial charge on any atom is 0.326 e. The molecule has 1 fully saturated rings. The second-order valence-corrected chi connectivity index (χ2v) is 4.47. The van der Waals surface area contributed by atoms with Gasteiger partial charge in [0.25, 0.3) is 0 Å². The molecule has 9 heteroatoms. The average molecular weight is 286 g/mol. The summed E-state index contributed by atoms with van der Waals surface area (Å²) in [4.78, 5) is 46.1. The molecule has 20 heavy (non-hydrogen) atoms. The number of carboxylic acid groups (broad SMARTS) is 1. The molecule has 1 atom stereocenters. The maximum absolute atomic E-state index is 11.9. The van der Waals surface area contributed by atoms with Gasteiger partial charge in [0.2, 0.25) is 11.8 Å². The van der Waals surface area contributed by atoms with Gasteiger partial charge in [-0.25, -0.2) is 9.59 Å². The molecule has 0 radical (unpaired) electrons. The molecule has 112 valence electrons. The predicted octanol–water partition coefficient (Wildman–Crippen LogP) is -1.76. The van der Waals surface area contributed by atoms with Crippen LogP contribution in [0.15, 0.2) is 0 Å². The summed E-state index contributed by atoms with van der Waals surface area (Å²) in [5.74, 6) is -2.18. The van der Waals surface area contributed by atoms with Gasteiger partial charge in [0.1, 0.15) is 12.6 Å². The van der Waals surface area contributed by atoms with Gasteiger partial charge in [-0.2, -0.15) is 0 Å². The van der Waals surface area contributed by atoms with Gasteiger partial charge >= 0.3 is 12.0 Å². The van der Waals surface area contributed by atoms with Crippen molar-refractivity contribution in [1.82, 2.24) is 15.5 Å². The average Bonchev–Trinajstić information content (AvgIpc) is 2.58. The number of hydrogen-bond donors (Lipinski definition) is 4. The molecule has 5 N–H and O–H groups in total. The molecule has 0 aromatic heterocycles. The van der Waals surface area contributed by atoms with Crippen molar-refractivity contribution in [3.8, 4) is 0 Å². The third-order valence-corrected chi connectivity index (χ3v) is 2.82. The molecular weight excluding hydrogens is 268 g/mol. The standard InChI is InChI=1S/C11H18N4O5/c12-8(16)3-2-7(10(18)19)14-11(20)15-5-1-4-13-9(17)6-15/h7H,1-6H2,(H2,12,16)(H,13,17)(H,14,20)(H,18,19)/t7-/m1/s1. The first-order valence-corrected chi connectivity index (χ1v) is 6.23. The lowest BCUT2D eigenvalue weighted by Gasteiger charge is -2.22. The number of primary amides is 1. The quantitative estimate of drug-likeness (QED) is 0.473. The Bertz CT molecular complexity index is 412. The van der Waals surface area contributed by atoms with E-state index in [0.29, 0.717) is 19.5 Å². The van der Waals surface area contributed by atoms with Crippen molar-refractivity contribution in [2.24, 2.45) is 5.73 Å². The van der Waals surface area contributed by atoms with Crippen LogP contribution >= 0.6 is 0 Å². The fourth-order valence-corrected chi connectivity index (χ4v) is 1.76. The molecule has 1 heterocycles. The first kappa shape index (κ1) is 15.7. The van der Waals surface area contributed by atoms with Gasteiger partial charge in [0, 0.05) is 19.5 Å². The number of nitrogens with one attached hydrogen (secondary N) is 2. The summed E-state index contributed by atoms with van der Waals surface area (Å²) in [7, 11) is 0. The fourth-order valence-electron chi connectivity index (χ4n) is 1.76. The zero-order valence-electron chi connectivity index (χ0n) is 10.9. The molecule has 0 unspecified atom stereocenters. The number of rotatable bonds is 5. The topological polar surface area (TPSA) is 142 Å². The number of hydrogen-bond acceptors (Lipinski definition) is 4. The van der Waals surface area contributed by atoms with Gasteiger partial charge in [-0.1, -0.05) is 0 Å². The Morgan fingerprint density at radius 3 is 2.75 bits per heavy atom. The van der Waals surface area contributed by atoms with Crippen molar-refractivity contribution in [3.63, 3.8) is 0 Å². The lowest BCUT2D eigenvalue weighted by molar-refractivity contribution is -0.139. The van der Waals surface area contributed by atoms with Crippen molar-refractivity contribution in [3.05, 3.63) is 0 Å². The third kappa shape index (κ3) is 5.12. The van der Waals surface area contributed by atoms with Crippen LogP contribution in [0.1, 0.15) is 19.3 Å². The largest absolute Gasteiger partial charge is 0.480 e. The van der Waals surface area contributed by atoms with E-state index in [9.17, 15) is 19.2 Å². The molecule has 0 aromatic rings. The summed E-state index contributed by atoms with van der Waals surface area (Å²) in [5.41, 5.74) is 4.95. The highest BCUT2D eigenvalue weighted by atomic mass is 16.4. The van der Waals surface area contributed by atoms with E-state index < -0.39 is 23.9 Å². The lowest BCUT2D eigenvalue weighted by atomic mass is 10.1. The van der Waals surface area contributed by atoms with Crippen molar-refractivity contribution < 1.29 is 24.3 Å². The Morgan fingerprint density at radius 1 is 1.45 bits per heavy atom. The Kier molecular flexibility index (Phi) is 5.75. The van der Waals surface area contributed by atoms with Crippen LogP contribution < -0.4 is 16.4 Å². The highest BCUT2D eigenvalue weighted by Crippen LogP contribution is 2.02. The molecule has 4 amide bonds. The summed E-state index contributed by atoms with van der Waals surface area (Å²) in [6, 6.07) is -1.85. The van der Waals surface area contributed by atoms with E-state index in [4.69, 9.17) is 10.8 Å². The zero-order chi connectivity index (χ0) is 15.1. The first-order valence-electron chi connectivity index (χ1n) is 6.23. The van der Waals surface area contributed by atoms with Crippen LogP contribution in [-0.2, 0) is 14.4 Å². The Balaban J connectivity index is 2.57. The van der Waals surface area contributed by atoms with Gasteiger partial charge in [-0.05, 0) is 12.8 Å². The first-order chi connectivity index (χ1) is 9.40. The van der Waals surface area contributed by atoms with E-state index in [0.717, 1.165) is 0 Å². The van der Waals surface area contributed by atoms with E-state index >= 15 is 0 Å². The van der Waals surface area contributed by atoms with Crippen LogP contribution in [-0.4, -0.2) is 59.5 Å². The molecular formula is C11H18N4O5. The number of nitrogens with zero attached hydrogens (tertiary/aromatic N) is 1. The smallest absolute Gasteiger partial charge is 0.326 e. The molecule has 1 rings (SSSR count). The van der Waals surface area contributed by atoms with Gasteiger partial charge < -0.3 is 26.4 Å². The normalized spacial score (nSPS) is 16.8. The number of nitrogens with two attached hydrogens (primary N) is 1. The molecule has 0 saturated carbocycles. The second kappa shape index (κ2) is 7.31. The van der Waals surface area contributed by atoms with E-state index in [1.807, 2.05) is 0 Å². The van der Waals surface area contributed by atoms with Crippen molar-refractivity contribution in [1.29, 1.82) is 0 Å². The van der Waals surface area contributed by atoms with Gasteiger partial charge in [0.15, 0.2) is 0 Å². The number of carbonyl (C=O) groups excluding carboxylic acids is 3. The molecule has 1 aliphatic rings. The van der Waals surface area contributed by atoms with Gasteiger partial charge in [-0.3, -0.25) is 9.59 Å². The number of aliphatic carboxylic acids is 1. The van der Waals surface area contributed by atoms with Crippen LogP contribution in [0.3, 0.4) is 0 Å². The molecule has 0 bridgehead atoms. The van der Waals surface area contributed by atoms with Crippen LogP contribution in [0, 0.1) is 0 Å². The molecule has 0 aliphatic carbocycles. The van der Waals surface area contributed by atoms with Crippen LogP contribution in [0.2, 0.25) is 0 Å². The minimum atomic E-state index is -1.25. The predicted molar refractivity (Wildman–Crippen MR) is 67.6 cm³/mol. The highest BCUT2D eigenvalue weighted by Gasteiger charge is 2.25. The Labute approximate surface area is 115 Å². The van der Waals surface area contributed by atoms with E-state index in [-0.39, 0.29) is 25.3 Å². The number of amides is 4. The number of urea groups is 1. The van der Waals surface area contributed by atoms with Crippen LogP contribution in [0.4, 0.5) is 4.79 Å². The van der Waals surface area contributed by atoms with Crippen molar-refractivity contribution in [2.75, 3.05) is 19.6 Å². The molecule has 1 aliphatic heterocycles. The summed E-state index contributed by atoms with van der Waals surface area (Å²) < 4.78 is 0. The summed E-state index contributed by atoms with van der Waals surface area (Å²) in [6.07, 6.45) is 0.367. The van der Waals surface area contributed by atoms with E-state index in [1.54, 1.807) is 0 Å². The fraction of sp³-hybridized carbons (Fsp3) is 0.636. The molecule has 1 saturated heterocycles. The van der Waals surface area contributed by atoms with Gasteiger partial charge in [0.05, 0.1) is 0 Å². The minimum absolute atomic E-state index is 0.0869. The van der Waals surface area contributed by atoms with Crippen molar-refractivity contribution >= 4 is 23.8 Å². The second-order valence-electron chi connectivity index (χ2n) is 4.47. The monoisotopic (exact) mass is 286 g/mol. The Hall–Kier alpha value is -2.32. The summed E-state index contributed by atoms with van der Waals surface area (Å²) >= 11 is 0. The minimum Gasteiger partial charge on any atom is -0.480 e. The number of carbonyl (C=O) groups is 4.